The molecule has 0 amide bonds. The molecule has 0 fully saturated rings. The third-order valence-corrected chi connectivity index (χ3v) is 2.27. The van der Waals surface area contributed by atoms with Gasteiger partial charge in [0.2, 0.25) is 0 Å². The highest BCUT2D eigenvalue weighted by Crippen LogP contribution is 2.10. The molecule has 4 heteroatoms. The van der Waals surface area contributed by atoms with E-state index in [2.05, 4.69) is 41.4 Å². The summed E-state index contributed by atoms with van der Waals surface area (Å²) in [4.78, 5) is 8.41. The molecule has 1 aromatic heterocycles. The summed E-state index contributed by atoms with van der Waals surface area (Å²) in [7, 11) is 1.83. The Morgan fingerprint density at radius 1 is 1.14 bits per heavy atom. The summed E-state index contributed by atoms with van der Waals surface area (Å²) in [6.07, 6.45) is 3.44. The van der Waals surface area contributed by atoms with Gasteiger partial charge in [-0.1, -0.05) is 13.8 Å². The number of nitrogens with one attached hydrogen (secondary N) is 2. The summed E-state index contributed by atoms with van der Waals surface area (Å²) < 4.78 is 0. The largest absolute Gasteiger partial charge is 0.372 e. The van der Waals surface area contributed by atoms with Crippen molar-refractivity contribution in [3.8, 4) is 0 Å². The minimum Gasteiger partial charge on any atom is -0.372 e. The Morgan fingerprint density at radius 2 is 1.79 bits per heavy atom. The molecule has 0 aliphatic carbocycles. The van der Waals surface area contributed by atoms with Gasteiger partial charge in [0.25, 0.3) is 0 Å². The van der Waals surface area contributed by atoms with Crippen LogP contribution in [0.2, 0.25) is 0 Å². The molecule has 0 aromatic carbocycles. The Kier molecular flexibility index (Phi) is 3.68. The second kappa shape index (κ2) is 4.79. The van der Waals surface area contributed by atoms with Gasteiger partial charge in [-0.2, -0.15) is 0 Å². The third kappa shape index (κ3) is 2.87. The second-order valence-corrected chi connectivity index (χ2v) is 3.72. The zero-order chi connectivity index (χ0) is 10.6. The van der Waals surface area contributed by atoms with E-state index in [-0.39, 0.29) is 0 Å². The molecule has 1 rings (SSSR count). The molecular weight excluding hydrogens is 176 g/mol. The lowest BCUT2D eigenvalue weighted by Gasteiger charge is -2.17. The number of hydrogen-bond donors (Lipinski definition) is 2. The number of hydrogen-bond acceptors (Lipinski definition) is 4. The molecule has 78 valence electrons. The van der Waals surface area contributed by atoms with Crippen LogP contribution in [0.4, 0.5) is 11.6 Å². The average molecular weight is 194 g/mol. The highest BCUT2D eigenvalue weighted by atomic mass is 15.1. The topological polar surface area (TPSA) is 49.8 Å². The molecule has 0 saturated heterocycles. The maximum absolute atomic E-state index is 4.33. The number of anilines is 2. The Balaban J connectivity index is 2.66. The zero-order valence-corrected chi connectivity index (χ0v) is 9.20. The van der Waals surface area contributed by atoms with E-state index in [1.807, 2.05) is 7.05 Å². The summed E-state index contributed by atoms with van der Waals surface area (Å²) >= 11 is 0. The van der Waals surface area contributed by atoms with Crippen molar-refractivity contribution in [3.05, 3.63) is 12.4 Å². The van der Waals surface area contributed by atoms with Gasteiger partial charge in [-0.05, 0) is 12.8 Å². The lowest BCUT2D eigenvalue weighted by molar-refractivity contribution is 0.558. The number of aromatic nitrogens is 2. The fourth-order valence-electron chi connectivity index (χ4n) is 0.956. The first-order chi connectivity index (χ1) is 6.63. The van der Waals surface area contributed by atoms with Crippen LogP contribution < -0.4 is 10.6 Å². The summed E-state index contributed by atoms with van der Waals surface area (Å²) in [6.45, 7) is 6.48. The molecule has 1 heterocycles. The van der Waals surface area contributed by atoms with Crippen molar-refractivity contribution in [1.82, 2.24) is 9.97 Å². The van der Waals surface area contributed by atoms with Gasteiger partial charge < -0.3 is 10.6 Å². The Bertz CT molecular complexity index is 285. The molecule has 0 bridgehead atoms. The first kappa shape index (κ1) is 10.8. The average Bonchev–Trinajstić information content (AvgIpc) is 2.18. The molecular formula is C10H18N4. The monoisotopic (exact) mass is 194 g/mol. The van der Waals surface area contributed by atoms with E-state index in [1.165, 1.54) is 0 Å². The molecule has 0 radical (unpaired) electrons. The number of nitrogens with zero attached hydrogens (tertiary/aromatic N) is 2. The van der Waals surface area contributed by atoms with Crippen molar-refractivity contribution in [2.75, 3.05) is 17.7 Å². The fourth-order valence-corrected chi connectivity index (χ4v) is 0.956. The van der Waals surface area contributed by atoms with Gasteiger partial charge in [0.05, 0.1) is 12.4 Å². The molecule has 2 N–H and O–H groups in total. The molecule has 1 aromatic rings. The van der Waals surface area contributed by atoms with Crippen LogP contribution in [-0.2, 0) is 0 Å². The SMILES string of the molecule is CNc1cncc(NC(C)C(C)C)n1. The molecule has 0 aliphatic rings. The van der Waals surface area contributed by atoms with Gasteiger partial charge in [0, 0.05) is 13.1 Å². The third-order valence-electron chi connectivity index (χ3n) is 2.27. The molecule has 14 heavy (non-hydrogen) atoms. The normalized spacial score (nSPS) is 12.6. The van der Waals surface area contributed by atoms with Crippen LogP contribution in [0, 0.1) is 5.92 Å². The summed E-state index contributed by atoms with van der Waals surface area (Å²) in [5, 5.41) is 6.26. The van der Waals surface area contributed by atoms with Gasteiger partial charge in [-0.25, -0.2) is 4.98 Å². The summed E-state index contributed by atoms with van der Waals surface area (Å²) in [6, 6.07) is 0.399. The first-order valence-electron chi connectivity index (χ1n) is 4.90. The van der Waals surface area contributed by atoms with Gasteiger partial charge in [-0.3, -0.25) is 4.98 Å². The van der Waals surface area contributed by atoms with E-state index in [4.69, 9.17) is 0 Å². The van der Waals surface area contributed by atoms with Crippen molar-refractivity contribution in [1.29, 1.82) is 0 Å². The Labute approximate surface area is 85.2 Å². The van der Waals surface area contributed by atoms with Crippen molar-refractivity contribution in [3.63, 3.8) is 0 Å². The van der Waals surface area contributed by atoms with E-state index in [0.717, 1.165) is 11.6 Å². The molecule has 1 unspecified atom stereocenters. The highest BCUT2D eigenvalue weighted by molar-refractivity contribution is 5.41. The van der Waals surface area contributed by atoms with Crippen LogP contribution in [0.3, 0.4) is 0 Å². The van der Waals surface area contributed by atoms with E-state index in [9.17, 15) is 0 Å². The lowest BCUT2D eigenvalue weighted by Crippen LogP contribution is -2.22. The molecule has 1 atom stereocenters. The van der Waals surface area contributed by atoms with Crippen LogP contribution >= 0.6 is 0 Å². The second-order valence-electron chi connectivity index (χ2n) is 3.72. The molecule has 4 nitrogen and oxygen atoms in total. The van der Waals surface area contributed by atoms with E-state index in [1.54, 1.807) is 12.4 Å². The van der Waals surface area contributed by atoms with Crippen molar-refractivity contribution in [2.24, 2.45) is 5.92 Å². The molecule has 0 saturated carbocycles. The Hall–Kier alpha value is -1.32. The van der Waals surface area contributed by atoms with E-state index in [0.29, 0.717) is 12.0 Å². The van der Waals surface area contributed by atoms with Gasteiger partial charge in [0.1, 0.15) is 11.6 Å². The predicted octanol–water partition coefficient (Wildman–Crippen LogP) is 1.97. The molecule has 0 spiro atoms. The maximum atomic E-state index is 4.33. The summed E-state index contributed by atoms with van der Waals surface area (Å²) in [5.74, 6) is 2.18. The molecule has 0 aliphatic heterocycles. The van der Waals surface area contributed by atoms with Crippen LogP contribution in [0.5, 0.6) is 0 Å². The quantitative estimate of drug-likeness (QED) is 0.769. The highest BCUT2D eigenvalue weighted by Gasteiger charge is 2.07. The lowest BCUT2D eigenvalue weighted by atomic mass is 10.1. The van der Waals surface area contributed by atoms with Crippen LogP contribution in [0.1, 0.15) is 20.8 Å². The van der Waals surface area contributed by atoms with Crippen LogP contribution in [-0.4, -0.2) is 23.1 Å². The van der Waals surface area contributed by atoms with Gasteiger partial charge in [0.15, 0.2) is 0 Å². The first-order valence-corrected chi connectivity index (χ1v) is 4.90. The number of rotatable bonds is 4. The van der Waals surface area contributed by atoms with Gasteiger partial charge in [-0.15, -0.1) is 0 Å². The van der Waals surface area contributed by atoms with Gasteiger partial charge >= 0.3 is 0 Å². The van der Waals surface area contributed by atoms with Crippen molar-refractivity contribution >= 4 is 11.6 Å². The van der Waals surface area contributed by atoms with Crippen LogP contribution in [0.15, 0.2) is 12.4 Å². The maximum Gasteiger partial charge on any atom is 0.147 e. The smallest absolute Gasteiger partial charge is 0.147 e. The standard InChI is InChI=1S/C10H18N4/c1-7(2)8(3)13-10-6-12-5-9(11-4)14-10/h5-8H,1-4H3,(H2,11,13,14). The van der Waals surface area contributed by atoms with Crippen LogP contribution in [0.25, 0.3) is 0 Å². The van der Waals surface area contributed by atoms with Crippen molar-refractivity contribution < 1.29 is 0 Å². The van der Waals surface area contributed by atoms with Crippen molar-refractivity contribution in [2.45, 2.75) is 26.8 Å². The van der Waals surface area contributed by atoms with E-state index < -0.39 is 0 Å². The summed E-state index contributed by atoms with van der Waals surface area (Å²) in [5.41, 5.74) is 0. The fraction of sp³-hybridized carbons (Fsp3) is 0.600. The minimum atomic E-state index is 0.399. The van der Waals surface area contributed by atoms with E-state index >= 15 is 0 Å². The predicted molar refractivity (Wildman–Crippen MR) is 59.5 cm³/mol. The minimum absolute atomic E-state index is 0.399. The zero-order valence-electron chi connectivity index (χ0n) is 9.20. The Morgan fingerprint density at radius 3 is 2.36 bits per heavy atom.